The highest BCUT2D eigenvalue weighted by Crippen LogP contribution is 2.37. The monoisotopic (exact) mass is 530 g/mol. The zero-order chi connectivity index (χ0) is 22.1. The normalized spacial score (nSPS) is 17.8. The van der Waals surface area contributed by atoms with Crippen LogP contribution >= 0.6 is 48.0 Å². The van der Waals surface area contributed by atoms with Gasteiger partial charge in [0.2, 0.25) is 0 Å². The number of nitrogens with one attached hydrogen (secondary N) is 1. The van der Waals surface area contributed by atoms with Gasteiger partial charge in [-0.25, -0.2) is 4.98 Å². The molecular weight excluding hydrogens is 506 g/mol. The van der Waals surface area contributed by atoms with Crippen LogP contribution in [0.5, 0.6) is 5.75 Å². The number of anilines is 1. The van der Waals surface area contributed by atoms with Crippen LogP contribution in [-0.4, -0.2) is 52.4 Å². The number of halogens is 4. The molecule has 1 fully saturated rings. The average molecular weight is 532 g/mol. The Kier molecular flexibility index (Phi) is 9.58. The zero-order valence-electron chi connectivity index (χ0n) is 18.2. The fraction of sp³-hybridized carbons (Fsp3) is 0.348. The van der Waals surface area contributed by atoms with Crippen LogP contribution in [0.25, 0.3) is 22.3 Å². The summed E-state index contributed by atoms with van der Waals surface area (Å²) in [6, 6.07) is 7.76. The summed E-state index contributed by atoms with van der Waals surface area (Å²) in [5.74, 6) is -0.159. The van der Waals surface area contributed by atoms with Crippen molar-refractivity contribution in [1.29, 1.82) is 0 Å². The number of carbonyl (C=O) groups excluding carboxylic acids is 1. The van der Waals surface area contributed by atoms with Crippen LogP contribution in [0.15, 0.2) is 30.5 Å². The minimum atomic E-state index is -0.159. The average Bonchev–Trinajstić information content (AvgIpc) is 2.77. The van der Waals surface area contributed by atoms with Crippen LogP contribution in [0.1, 0.15) is 36.0 Å². The second-order valence-corrected chi connectivity index (χ2v) is 8.99. The van der Waals surface area contributed by atoms with E-state index in [-0.39, 0.29) is 46.7 Å². The lowest BCUT2D eigenvalue weighted by molar-refractivity contribution is 0.112. The lowest BCUT2D eigenvalue weighted by atomic mass is 9.90. The number of hydrogen-bond donors (Lipinski definition) is 2. The molecule has 1 aliphatic rings. The number of phenolic OH excluding ortho intramolecular Hbond substituents is 1. The van der Waals surface area contributed by atoms with Crippen LogP contribution in [-0.2, 0) is 0 Å². The molecule has 0 aliphatic heterocycles. The summed E-state index contributed by atoms with van der Waals surface area (Å²) in [6.45, 7) is 0. The lowest BCUT2D eigenvalue weighted by Gasteiger charge is -2.33. The van der Waals surface area contributed by atoms with Gasteiger partial charge in [-0.2, -0.15) is 0 Å². The van der Waals surface area contributed by atoms with Gasteiger partial charge in [0.1, 0.15) is 5.52 Å². The van der Waals surface area contributed by atoms with Crippen LogP contribution in [0.4, 0.5) is 5.69 Å². The highest BCUT2D eigenvalue weighted by atomic mass is 35.5. The largest absolute Gasteiger partial charge is 0.505 e. The van der Waals surface area contributed by atoms with Crippen molar-refractivity contribution >= 4 is 71.0 Å². The molecule has 2 aromatic heterocycles. The molecule has 0 atom stereocenters. The molecule has 2 heterocycles. The Balaban J connectivity index is 0.00000193. The van der Waals surface area contributed by atoms with E-state index in [0.717, 1.165) is 32.0 Å². The minimum absolute atomic E-state index is 0. The van der Waals surface area contributed by atoms with Crippen molar-refractivity contribution in [2.24, 2.45) is 0 Å². The molecule has 33 heavy (non-hydrogen) atoms. The van der Waals surface area contributed by atoms with Crippen LogP contribution in [0.2, 0.25) is 10.0 Å². The van der Waals surface area contributed by atoms with Crippen LogP contribution in [0.3, 0.4) is 0 Å². The standard InChI is InChI=1S/C23H24Cl2N4O2.2ClH/c1-29(2)16-5-3-15(4-6-16)27-21-14(12-30)11-26-20-8-7-19(28-22(20)21)13-9-17(24)23(31)18(25)10-13;;/h7-12,15-16,31H,3-6H2,1-2H3,(H,26,27);2*1H/t15-,16-;;. The highest BCUT2D eigenvalue weighted by molar-refractivity contribution is 6.37. The van der Waals surface area contributed by atoms with Gasteiger partial charge in [0, 0.05) is 23.8 Å². The van der Waals surface area contributed by atoms with Crippen LogP contribution < -0.4 is 5.32 Å². The molecule has 0 radical (unpaired) electrons. The number of pyridine rings is 2. The molecule has 2 N–H and O–H groups in total. The van der Waals surface area contributed by atoms with E-state index in [0.29, 0.717) is 39.6 Å². The van der Waals surface area contributed by atoms with E-state index in [9.17, 15) is 9.90 Å². The second-order valence-electron chi connectivity index (χ2n) is 8.17. The predicted octanol–water partition coefficient (Wildman–Crippen LogP) is 6.25. The van der Waals surface area contributed by atoms with Crippen molar-refractivity contribution in [3.8, 4) is 17.0 Å². The molecule has 1 saturated carbocycles. The fourth-order valence-corrected chi connectivity index (χ4v) is 4.62. The Labute approximate surface area is 215 Å². The molecule has 6 nitrogen and oxygen atoms in total. The lowest BCUT2D eigenvalue weighted by Crippen LogP contribution is -2.36. The van der Waals surface area contributed by atoms with Crippen molar-refractivity contribution < 1.29 is 9.90 Å². The van der Waals surface area contributed by atoms with E-state index in [1.807, 2.05) is 12.1 Å². The fourth-order valence-electron chi connectivity index (χ4n) is 4.14. The summed E-state index contributed by atoms with van der Waals surface area (Å²) < 4.78 is 0. The van der Waals surface area contributed by atoms with Gasteiger partial charge >= 0.3 is 0 Å². The number of nitrogens with zero attached hydrogens (tertiary/aromatic N) is 3. The molecule has 4 rings (SSSR count). The Hall–Kier alpha value is -1.83. The van der Waals surface area contributed by atoms with E-state index < -0.39 is 0 Å². The molecule has 1 aromatic carbocycles. The quantitative estimate of drug-likeness (QED) is 0.379. The van der Waals surface area contributed by atoms with E-state index >= 15 is 0 Å². The molecule has 1 aliphatic carbocycles. The Morgan fingerprint density at radius 1 is 1.09 bits per heavy atom. The third kappa shape index (κ3) is 5.81. The summed E-state index contributed by atoms with van der Waals surface area (Å²) in [6.07, 6.45) is 6.64. The number of hydrogen-bond acceptors (Lipinski definition) is 6. The number of aromatic hydroxyl groups is 1. The third-order valence-electron chi connectivity index (χ3n) is 5.96. The van der Waals surface area contributed by atoms with Crippen LogP contribution in [0, 0.1) is 0 Å². The molecule has 0 saturated heterocycles. The van der Waals surface area contributed by atoms with Crippen molar-refractivity contribution in [3.05, 3.63) is 46.1 Å². The van der Waals surface area contributed by atoms with Gasteiger partial charge in [-0.05, 0) is 64.0 Å². The van der Waals surface area contributed by atoms with Gasteiger partial charge < -0.3 is 15.3 Å². The van der Waals surface area contributed by atoms with Crippen molar-refractivity contribution in [1.82, 2.24) is 14.9 Å². The highest BCUT2D eigenvalue weighted by Gasteiger charge is 2.24. The first-order valence-electron chi connectivity index (χ1n) is 10.2. The maximum atomic E-state index is 11.8. The number of fused-ring (bicyclic) bond motifs is 1. The van der Waals surface area contributed by atoms with E-state index in [1.54, 1.807) is 18.3 Å². The first-order valence-corrected chi connectivity index (χ1v) is 11.0. The maximum Gasteiger partial charge on any atom is 0.153 e. The van der Waals surface area contributed by atoms with Gasteiger partial charge in [-0.15, -0.1) is 24.8 Å². The zero-order valence-corrected chi connectivity index (χ0v) is 21.4. The molecule has 0 unspecified atom stereocenters. The van der Waals surface area contributed by atoms with E-state index in [4.69, 9.17) is 28.2 Å². The molecule has 3 aromatic rings. The molecular formula is C23H26Cl4N4O2. The summed E-state index contributed by atoms with van der Waals surface area (Å²) in [4.78, 5) is 23.2. The number of aldehydes is 1. The van der Waals surface area contributed by atoms with Gasteiger partial charge in [0.15, 0.2) is 12.0 Å². The number of phenols is 1. The molecule has 0 bridgehead atoms. The molecule has 0 spiro atoms. The summed E-state index contributed by atoms with van der Waals surface area (Å²) in [5, 5.41) is 13.7. The summed E-state index contributed by atoms with van der Waals surface area (Å²) >= 11 is 12.2. The second kappa shape index (κ2) is 11.5. The predicted molar refractivity (Wildman–Crippen MR) is 140 cm³/mol. The van der Waals surface area contributed by atoms with Gasteiger partial charge in [0.05, 0.1) is 32.5 Å². The topological polar surface area (TPSA) is 78.4 Å². The van der Waals surface area contributed by atoms with Crippen molar-refractivity contribution in [2.75, 3.05) is 19.4 Å². The SMILES string of the molecule is CN(C)[C@H]1CC[C@H](Nc2c(C=O)cnc3ccc(-c4cc(Cl)c(O)c(Cl)c4)nc23)CC1.Cl.Cl. The van der Waals surface area contributed by atoms with Gasteiger partial charge in [-0.3, -0.25) is 9.78 Å². The smallest absolute Gasteiger partial charge is 0.153 e. The summed E-state index contributed by atoms with van der Waals surface area (Å²) in [7, 11) is 4.24. The third-order valence-corrected chi connectivity index (χ3v) is 6.53. The van der Waals surface area contributed by atoms with E-state index in [1.165, 1.54) is 0 Å². The van der Waals surface area contributed by atoms with Gasteiger partial charge in [-0.1, -0.05) is 23.2 Å². The molecule has 10 heteroatoms. The number of rotatable bonds is 5. The number of carbonyl (C=O) groups is 1. The first kappa shape index (κ1) is 27.4. The molecule has 178 valence electrons. The number of benzene rings is 1. The summed E-state index contributed by atoms with van der Waals surface area (Å²) in [5.41, 5.74) is 3.79. The van der Waals surface area contributed by atoms with Crippen molar-refractivity contribution in [2.45, 2.75) is 37.8 Å². The number of aromatic nitrogens is 2. The molecule has 0 amide bonds. The Morgan fingerprint density at radius 3 is 2.30 bits per heavy atom. The van der Waals surface area contributed by atoms with Crippen molar-refractivity contribution in [3.63, 3.8) is 0 Å². The Morgan fingerprint density at radius 2 is 1.73 bits per heavy atom. The Bertz CT molecular complexity index is 1110. The minimum Gasteiger partial charge on any atom is -0.505 e. The van der Waals surface area contributed by atoms with E-state index in [2.05, 4.69) is 29.3 Å². The first-order chi connectivity index (χ1) is 14.9. The maximum absolute atomic E-state index is 11.8. The van der Waals surface area contributed by atoms with Gasteiger partial charge in [0.25, 0.3) is 0 Å².